The summed E-state index contributed by atoms with van der Waals surface area (Å²) in [6.07, 6.45) is 3.01. The normalized spacial score (nSPS) is 18.1. The molecule has 4 heteroatoms. The Bertz CT molecular complexity index is 458. The highest BCUT2D eigenvalue weighted by Crippen LogP contribution is 2.19. The van der Waals surface area contributed by atoms with Crippen molar-refractivity contribution in [3.63, 3.8) is 0 Å². The second-order valence-corrected chi connectivity index (χ2v) is 5.44. The van der Waals surface area contributed by atoms with Crippen LogP contribution in [0.3, 0.4) is 0 Å². The Morgan fingerprint density at radius 2 is 2.10 bits per heavy atom. The molecule has 2 unspecified atom stereocenters. The van der Waals surface area contributed by atoms with Crippen molar-refractivity contribution in [2.45, 2.75) is 45.2 Å². The van der Waals surface area contributed by atoms with Gasteiger partial charge in [-0.1, -0.05) is 19.1 Å². The summed E-state index contributed by atoms with van der Waals surface area (Å²) in [5.74, 6) is -0.0846. The minimum Gasteiger partial charge on any atom is -0.341 e. The van der Waals surface area contributed by atoms with Crippen LogP contribution in [0.2, 0.25) is 0 Å². The molecular formula is C16H23FN2O. The van der Waals surface area contributed by atoms with E-state index in [0.717, 1.165) is 37.9 Å². The molecular weight excluding hydrogens is 255 g/mol. The van der Waals surface area contributed by atoms with Crippen molar-refractivity contribution in [3.05, 3.63) is 35.6 Å². The first-order valence-corrected chi connectivity index (χ1v) is 7.42. The Kier molecular flexibility index (Phi) is 5.12. The number of amides is 1. The summed E-state index contributed by atoms with van der Waals surface area (Å²) in [5, 5.41) is 3.33. The van der Waals surface area contributed by atoms with Gasteiger partial charge in [-0.3, -0.25) is 10.1 Å². The zero-order chi connectivity index (χ0) is 14.5. The predicted octanol–water partition coefficient (Wildman–Crippen LogP) is 2.88. The molecule has 3 nitrogen and oxygen atoms in total. The van der Waals surface area contributed by atoms with Gasteiger partial charge in [-0.05, 0) is 43.9 Å². The SMILES string of the molecule is CCC(NC(C)C(=O)N1CCCC1)c1cccc(F)c1. The van der Waals surface area contributed by atoms with Crippen LogP contribution in [0.25, 0.3) is 0 Å². The maximum atomic E-state index is 13.3. The molecule has 1 aliphatic rings. The first-order valence-electron chi connectivity index (χ1n) is 7.42. The van der Waals surface area contributed by atoms with Crippen LogP contribution in [-0.4, -0.2) is 29.9 Å². The highest BCUT2D eigenvalue weighted by molar-refractivity contribution is 5.81. The van der Waals surface area contributed by atoms with Crippen molar-refractivity contribution < 1.29 is 9.18 Å². The molecule has 110 valence electrons. The van der Waals surface area contributed by atoms with Crippen molar-refractivity contribution in [3.8, 4) is 0 Å². The summed E-state index contributed by atoms with van der Waals surface area (Å²) < 4.78 is 13.3. The summed E-state index contributed by atoms with van der Waals surface area (Å²) in [4.78, 5) is 14.2. The van der Waals surface area contributed by atoms with Gasteiger partial charge in [0.15, 0.2) is 0 Å². The molecule has 0 saturated carbocycles. The molecule has 0 radical (unpaired) electrons. The Hall–Kier alpha value is -1.42. The van der Waals surface area contributed by atoms with Crippen LogP contribution in [0.1, 0.15) is 44.7 Å². The summed E-state index contributed by atoms with van der Waals surface area (Å²) in [5.41, 5.74) is 0.897. The first-order chi connectivity index (χ1) is 9.61. The Labute approximate surface area is 120 Å². The van der Waals surface area contributed by atoms with E-state index < -0.39 is 0 Å². The highest BCUT2D eigenvalue weighted by Gasteiger charge is 2.25. The van der Waals surface area contributed by atoms with Crippen LogP contribution in [0.5, 0.6) is 0 Å². The zero-order valence-corrected chi connectivity index (χ0v) is 12.2. The predicted molar refractivity (Wildman–Crippen MR) is 77.8 cm³/mol. The van der Waals surface area contributed by atoms with Crippen molar-refractivity contribution in [1.29, 1.82) is 0 Å². The molecule has 1 N–H and O–H groups in total. The molecule has 20 heavy (non-hydrogen) atoms. The molecule has 1 aromatic carbocycles. The second kappa shape index (κ2) is 6.84. The molecule has 1 aliphatic heterocycles. The summed E-state index contributed by atoms with van der Waals surface area (Å²) in [6, 6.07) is 6.36. The summed E-state index contributed by atoms with van der Waals surface area (Å²) in [7, 11) is 0. The lowest BCUT2D eigenvalue weighted by Gasteiger charge is -2.26. The van der Waals surface area contributed by atoms with E-state index in [-0.39, 0.29) is 23.8 Å². The van der Waals surface area contributed by atoms with Gasteiger partial charge in [0.05, 0.1) is 6.04 Å². The molecule has 0 spiro atoms. The lowest BCUT2D eigenvalue weighted by molar-refractivity contribution is -0.132. The molecule has 0 bridgehead atoms. The molecule has 0 aliphatic carbocycles. The molecule has 1 saturated heterocycles. The molecule has 1 fully saturated rings. The lowest BCUT2D eigenvalue weighted by Crippen LogP contribution is -2.44. The van der Waals surface area contributed by atoms with Crippen LogP contribution in [0.4, 0.5) is 4.39 Å². The van der Waals surface area contributed by atoms with Gasteiger partial charge < -0.3 is 4.90 Å². The summed E-state index contributed by atoms with van der Waals surface area (Å²) >= 11 is 0. The second-order valence-electron chi connectivity index (χ2n) is 5.44. The van der Waals surface area contributed by atoms with Gasteiger partial charge in [-0.25, -0.2) is 4.39 Å². The molecule has 2 rings (SSSR count). The number of halogens is 1. The van der Waals surface area contributed by atoms with Crippen LogP contribution < -0.4 is 5.32 Å². The van der Waals surface area contributed by atoms with E-state index >= 15 is 0 Å². The minimum atomic E-state index is -0.235. The fourth-order valence-corrected chi connectivity index (χ4v) is 2.76. The monoisotopic (exact) mass is 278 g/mol. The average molecular weight is 278 g/mol. The van der Waals surface area contributed by atoms with Crippen molar-refractivity contribution in [1.82, 2.24) is 10.2 Å². The topological polar surface area (TPSA) is 32.3 Å². The van der Waals surface area contributed by atoms with E-state index in [9.17, 15) is 9.18 Å². The number of hydrogen-bond donors (Lipinski definition) is 1. The number of nitrogens with zero attached hydrogens (tertiary/aromatic N) is 1. The Balaban J connectivity index is 2.00. The molecule has 0 aromatic heterocycles. The van der Waals surface area contributed by atoms with Crippen molar-refractivity contribution in [2.24, 2.45) is 0 Å². The van der Waals surface area contributed by atoms with E-state index in [4.69, 9.17) is 0 Å². The molecule has 1 aromatic rings. The third kappa shape index (κ3) is 3.57. The zero-order valence-electron chi connectivity index (χ0n) is 12.2. The largest absolute Gasteiger partial charge is 0.341 e. The molecule has 1 amide bonds. The molecule has 1 heterocycles. The number of carbonyl (C=O) groups excluding carboxylic acids is 1. The average Bonchev–Trinajstić information content (AvgIpc) is 2.97. The van der Waals surface area contributed by atoms with Gasteiger partial charge in [-0.15, -0.1) is 0 Å². The van der Waals surface area contributed by atoms with Gasteiger partial charge in [0.25, 0.3) is 0 Å². The Morgan fingerprint density at radius 1 is 1.40 bits per heavy atom. The van der Waals surface area contributed by atoms with Gasteiger partial charge in [0, 0.05) is 19.1 Å². The maximum absolute atomic E-state index is 13.3. The fraction of sp³-hybridized carbons (Fsp3) is 0.562. The number of benzene rings is 1. The maximum Gasteiger partial charge on any atom is 0.239 e. The van der Waals surface area contributed by atoms with Gasteiger partial charge in [0.1, 0.15) is 5.82 Å². The van der Waals surface area contributed by atoms with Crippen molar-refractivity contribution >= 4 is 5.91 Å². The van der Waals surface area contributed by atoms with Gasteiger partial charge in [-0.2, -0.15) is 0 Å². The third-order valence-corrected chi connectivity index (χ3v) is 3.90. The number of hydrogen-bond acceptors (Lipinski definition) is 2. The number of nitrogens with one attached hydrogen (secondary N) is 1. The quantitative estimate of drug-likeness (QED) is 0.898. The fourth-order valence-electron chi connectivity index (χ4n) is 2.76. The number of likely N-dealkylation sites (tertiary alicyclic amines) is 1. The van der Waals surface area contributed by atoms with E-state index in [2.05, 4.69) is 5.32 Å². The van der Waals surface area contributed by atoms with E-state index in [1.54, 1.807) is 6.07 Å². The van der Waals surface area contributed by atoms with Crippen LogP contribution in [-0.2, 0) is 4.79 Å². The van der Waals surface area contributed by atoms with E-state index in [0.29, 0.717) is 0 Å². The smallest absolute Gasteiger partial charge is 0.239 e. The first kappa shape index (κ1) is 15.0. The van der Waals surface area contributed by atoms with Crippen LogP contribution >= 0.6 is 0 Å². The van der Waals surface area contributed by atoms with Gasteiger partial charge in [0.2, 0.25) is 5.91 Å². The number of carbonyl (C=O) groups is 1. The number of rotatable bonds is 5. The third-order valence-electron chi connectivity index (χ3n) is 3.90. The lowest BCUT2D eigenvalue weighted by atomic mass is 10.0. The van der Waals surface area contributed by atoms with Crippen LogP contribution in [0.15, 0.2) is 24.3 Å². The van der Waals surface area contributed by atoms with E-state index in [1.165, 1.54) is 12.1 Å². The summed E-state index contributed by atoms with van der Waals surface area (Å²) in [6.45, 7) is 5.65. The molecule has 2 atom stereocenters. The van der Waals surface area contributed by atoms with Crippen molar-refractivity contribution in [2.75, 3.05) is 13.1 Å². The van der Waals surface area contributed by atoms with E-state index in [1.807, 2.05) is 24.8 Å². The standard InChI is InChI=1S/C16H23FN2O/c1-3-15(13-7-6-8-14(17)11-13)18-12(2)16(20)19-9-4-5-10-19/h6-8,11-12,15,18H,3-5,9-10H2,1-2H3. The van der Waals surface area contributed by atoms with Gasteiger partial charge >= 0.3 is 0 Å². The Morgan fingerprint density at radius 3 is 2.70 bits per heavy atom. The highest BCUT2D eigenvalue weighted by atomic mass is 19.1. The minimum absolute atomic E-state index is 0.00672. The van der Waals surface area contributed by atoms with Crippen LogP contribution in [0, 0.1) is 5.82 Å².